The van der Waals surface area contributed by atoms with E-state index in [4.69, 9.17) is 4.74 Å². The Bertz CT molecular complexity index is 1150. The molecule has 1 aliphatic carbocycles. The van der Waals surface area contributed by atoms with Crippen LogP contribution in [-0.4, -0.2) is 52.3 Å². The number of carbonyl (C=O) groups excluding carboxylic acids is 3. The minimum atomic E-state index is -0.596. The predicted molar refractivity (Wildman–Crippen MR) is 130 cm³/mol. The highest BCUT2D eigenvalue weighted by molar-refractivity contribution is 6.05. The summed E-state index contributed by atoms with van der Waals surface area (Å²) < 4.78 is 6.59. The number of hydrogen-bond donors (Lipinski definition) is 1. The summed E-state index contributed by atoms with van der Waals surface area (Å²) >= 11 is 0. The second-order valence-electron chi connectivity index (χ2n) is 10.2. The molecule has 2 aromatic rings. The number of amides is 3. The topological polar surface area (TPSA) is 79.0 Å². The number of imide groups is 1. The van der Waals surface area contributed by atoms with Crippen molar-refractivity contribution in [2.75, 3.05) is 6.54 Å². The minimum Gasteiger partial charge on any atom is -0.489 e. The van der Waals surface area contributed by atoms with Crippen LogP contribution in [0.15, 0.2) is 48.5 Å². The molecule has 0 spiro atoms. The van der Waals surface area contributed by atoms with Crippen LogP contribution in [0.1, 0.15) is 72.5 Å². The summed E-state index contributed by atoms with van der Waals surface area (Å²) in [5, 5.41) is 2.36. The van der Waals surface area contributed by atoms with Crippen molar-refractivity contribution in [1.29, 1.82) is 0 Å². The van der Waals surface area contributed by atoms with Crippen LogP contribution in [-0.2, 0) is 16.1 Å². The second kappa shape index (κ2) is 9.11. The number of rotatable bonds is 5. The average molecular weight is 474 g/mol. The van der Waals surface area contributed by atoms with Crippen molar-refractivity contribution in [2.45, 2.75) is 75.7 Å². The van der Waals surface area contributed by atoms with Crippen LogP contribution in [0.25, 0.3) is 0 Å². The Morgan fingerprint density at radius 1 is 0.886 bits per heavy atom. The molecule has 0 aromatic heterocycles. The fourth-order valence-electron chi connectivity index (χ4n) is 6.23. The lowest BCUT2D eigenvalue weighted by Crippen LogP contribution is -2.55. The lowest BCUT2D eigenvalue weighted by Gasteiger charge is -2.50. The third kappa shape index (κ3) is 4.12. The van der Waals surface area contributed by atoms with Gasteiger partial charge in [0.1, 0.15) is 17.9 Å². The molecular weight excluding hydrogens is 442 g/mol. The quantitative estimate of drug-likeness (QED) is 0.672. The maximum Gasteiger partial charge on any atom is 0.255 e. The first kappa shape index (κ1) is 22.3. The first-order valence-corrected chi connectivity index (χ1v) is 12.8. The number of ether oxygens (including phenoxy) is 1. The van der Waals surface area contributed by atoms with E-state index >= 15 is 0 Å². The van der Waals surface area contributed by atoms with E-state index in [2.05, 4.69) is 40.5 Å². The number of fused-ring (bicyclic) bond motifs is 1. The van der Waals surface area contributed by atoms with Crippen molar-refractivity contribution >= 4 is 17.7 Å². The Kier molecular flexibility index (Phi) is 5.80. The van der Waals surface area contributed by atoms with Crippen molar-refractivity contribution in [3.05, 3.63) is 65.2 Å². The van der Waals surface area contributed by atoms with Crippen molar-refractivity contribution in [2.24, 2.45) is 0 Å². The lowest BCUT2D eigenvalue weighted by atomic mass is 9.85. The van der Waals surface area contributed by atoms with Crippen LogP contribution in [0.2, 0.25) is 0 Å². The molecule has 0 bridgehead atoms. The SMILES string of the molecule is O=C1CCC(N2Cc3cc(O[C@@H]4CCCC[C@@H]4N4CCC4c4ccccc4)ccc3C2=O)C(=O)N1. The van der Waals surface area contributed by atoms with Crippen LogP contribution in [0, 0.1) is 0 Å². The summed E-state index contributed by atoms with van der Waals surface area (Å²) in [7, 11) is 0. The van der Waals surface area contributed by atoms with Gasteiger partial charge in [0.15, 0.2) is 0 Å². The molecule has 3 amide bonds. The van der Waals surface area contributed by atoms with Crippen molar-refractivity contribution in [3.63, 3.8) is 0 Å². The van der Waals surface area contributed by atoms with Gasteiger partial charge in [0.05, 0.1) is 0 Å². The zero-order valence-electron chi connectivity index (χ0n) is 19.8. The zero-order valence-corrected chi connectivity index (χ0v) is 19.8. The van der Waals surface area contributed by atoms with Gasteiger partial charge in [-0.15, -0.1) is 0 Å². The molecule has 1 saturated carbocycles. The van der Waals surface area contributed by atoms with Crippen LogP contribution >= 0.6 is 0 Å². The Balaban J connectivity index is 1.17. The molecule has 4 aliphatic rings. The van der Waals surface area contributed by atoms with Gasteiger partial charge in [0.25, 0.3) is 5.91 Å². The van der Waals surface area contributed by atoms with E-state index in [1.54, 1.807) is 4.90 Å². The van der Waals surface area contributed by atoms with E-state index in [0.29, 0.717) is 30.6 Å². The maximum absolute atomic E-state index is 13.0. The number of hydrogen-bond acceptors (Lipinski definition) is 5. The van der Waals surface area contributed by atoms with E-state index in [-0.39, 0.29) is 30.2 Å². The smallest absolute Gasteiger partial charge is 0.255 e. The summed E-state index contributed by atoms with van der Waals surface area (Å²) in [6, 6.07) is 16.7. The highest BCUT2D eigenvalue weighted by Gasteiger charge is 2.42. The van der Waals surface area contributed by atoms with E-state index in [9.17, 15) is 14.4 Å². The molecule has 7 heteroatoms. The fourth-order valence-corrected chi connectivity index (χ4v) is 6.23. The summed E-state index contributed by atoms with van der Waals surface area (Å²) in [5.74, 6) is -0.0190. The number of benzene rings is 2. The van der Waals surface area contributed by atoms with E-state index in [1.807, 2.05) is 18.2 Å². The number of nitrogens with one attached hydrogen (secondary N) is 1. The summed E-state index contributed by atoms with van der Waals surface area (Å²) in [6.45, 7) is 1.47. The first-order chi connectivity index (χ1) is 17.1. The standard InChI is InChI=1S/C28H31N3O4/c32-26-13-12-24(27(33)29-26)31-17-19-16-20(10-11-21(19)28(31)34)35-25-9-5-4-8-23(25)30-15-14-22(30)18-6-2-1-3-7-18/h1-3,6-7,10-11,16,22-25H,4-5,8-9,12-15,17H2,(H,29,32,33)/t22?,23-,24?,25+/m0/s1. The van der Waals surface area contributed by atoms with Crippen LogP contribution in [0.4, 0.5) is 0 Å². The average Bonchev–Trinajstić information content (AvgIpc) is 3.16. The molecule has 0 radical (unpaired) electrons. The van der Waals surface area contributed by atoms with Gasteiger partial charge in [0.2, 0.25) is 11.8 Å². The highest BCUT2D eigenvalue weighted by Crippen LogP contribution is 2.40. The van der Waals surface area contributed by atoms with Gasteiger partial charge in [-0.1, -0.05) is 36.8 Å². The fraction of sp³-hybridized carbons (Fsp3) is 0.464. The minimum absolute atomic E-state index is 0.122. The molecule has 182 valence electrons. The number of carbonyl (C=O) groups is 3. The molecule has 35 heavy (non-hydrogen) atoms. The molecule has 4 atom stereocenters. The Labute approximate surface area is 205 Å². The van der Waals surface area contributed by atoms with Gasteiger partial charge in [0, 0.05) is 37.2 Å². The van der Waals surface area contributed by atoms with Crippen molar-refractivity contribution in [3.8, 4) is 5.75 Å². The molecule has 6 rings (SSSR count). The molecule has 7 nitrogen and oxygen atoms in total. The summed E-state index contributed by atoms with van der Waals surface area (Å²) in [6.07, 6.45) is 6.49. The summed E-state index contributed by atoms with van der Waals surface area (Å²) in [5.41, 5.74) is 2.89. The van der Waals surface area contributed by atoms with Crippen molar-refractivity contribution in [1.82, 2.24) is 15.1 Å². The Morgan fingerprint density at radius 3 is 2.49 bits per heavy atom. The highest BCUT2D eigenvalue weighted by atomic mass is 16.5. The summed E-state index contributed by atoms with van der Waals surface area (Å²) in [4.78, 5) is 41.0. The van der Waals surface area contributed by atoms with Crippen LogP contribution < -0.4 is 10.1 Å². The normalized spacial score (nSPS) is 28.9. The zero-order chi connectivity index (χ0) is 23.9. The van der Waals surface area contributed by atoms with Crippen LogP contribution in [0.3, 0.4) is 0 Å². The third-order valence-electron chi connectivity index (χ3n) is 8.12. The van der Waals surface area contributed by atoms with E-state index in [0.717, 1.165) is 37.1 Å². The molecule has 3 aliphatic heterocycles. The molecule has 2 unspecified atom stereocenters. The molecule has 3 heterocycles. The molecule has 2 aromatic carbocycles. The maximum atomic E-state index is 13.0. The van der Waals surface area contributed by atoms with Gasteiger partial charge < -0.3 is 9.64 Å². The lowest BCUT2D eigenvalue weighted by molar-refractivity contribution is -0.136. The molecular formula is C28H31N3O4. The molecule has 1 N–H and O–H groups in total. The van der Waals surface area contributed by atoms with E-state index < -0.39 is 6.04 Å². The number of piperidine rings is 1. The second-order valence-corrected chi connectivity index (χ2v) is 10.2. The molecule has 3 fully saturated rings. The Hall–Kier alpha value is -3.19. The van der Waals surface area contributed by atoms with Gasteiger partial charge >= 0.3 is 0 Å². The third-order valence-corrected chi connectivity index (χ3v) is 8.12. The predicted octanol–water partition coefficient (Wildman–Crippen LogP) is 3.58. The van der Waals surface area contributed by atoms with E-state index in [1.165, 1.54) is 18.4 Å². The van der Waals surface area contributed by atoms with Crippen LogP contribution in [0.5, 0.6) is 5.75 Å². The number of nitrogens with zero attached hydrogens (tertiary/aromatic N) is 2. The number of likely N-dealkylation sites (tertiary alicyclic amines) is 1. The van der Waals surface area contributed by atoms with Gasteiger partial charge in [-0.05, 0) is 61.4 Å². The van der Waals surface area contributed by atoms with Gasteiger partial charge in [-0.25, -0.2) is 0 Å². The van der Waals surface area contributed by atoms with Gasteiger partial charge in [-0.2, -0.15) is 0 Å². The first-order valence-electron chi connectivity index (χ1n) is 12.8. The largest absolute Gasteiger partial charge is 0.489 e. The van der Waals surface area contributed by atoms with Crippen molar-refractivity contribution < 1.29 is 19.1 Å². The molecule has 2 saturated heterocycles. The monoisotopic (exact) mass is 473 g/mol. The van der Waals surface area contributed by atoms with Gasteiger partial charge in [-0.3, -0.25) is 24.6 Å². The Morgan fingerprint density at radius 2 is 1.71 bits per heavy atom.